The first kappa shape index (κ1) is 23.9. The third kappa shape index (κ3) is 4.68. The van der Waals surface area contributed by atoms with Crippen molar-refractivity contribution in [2.75, 3.05) is 0 Å². The molecule has 0 saturated carbocycles. The largest absolute Gasteiger partial charge is 0.489 e. The van der Waals surface area contributed by atoms with E-state index in [2.05, 4.69) is 115 Å². The van der Waals surface area contributed by atoms with E-state index in [4.69, 9.17) is 4.74 Å². The van der Waals surface area contributed by atoms with Crippen LogP contribution in [-0.2, 0) is 6.61 Å². The van der Waals surface area contributed by atoms with Crippen LogP contribution in [0.25, 0.3) is 6.08 Å². The summed E-state index contributed by atoms with van der Waals surface area (Å²) in [5, 5.41) is 0. The predicted octanol–water partition coefficient (Wildman–Crippen LogP) is 6.96. The minimum absolute atomic E-state index is 0.234. The standard InChI is InChI=1S/C32H35BO/c1-8-12-22(3)26(7)29-18-28-19-31(34-20-27-13-10-9-11-14-27)23(4)17-30(28)33(29)32-24(5)15-21(2)16-25(32)6/h8-19H,20H2,1-7H3/b12-8-,26-22-. The molecule has 0 spiro atoms. The number of hydrogen-bond acceptors (Lipinski definition) is 1. The Morgan fingerprint density at radius 2 is 1.56 bits per heavy atom. The van der Waals surface area contributed by atoms with Crippen LogP contribution in [0.2, 0.25) is 0 Å². The van der Waals surface area contributed by atoms with Crippen LogP contribution in [0.5, 0.6) is 5.75 Å². The van der Waals surface area contributed by atoms with Gasteiger partial charge >= 0.3 is 0 Å². The van der Waals surface area contributed by atoms with Crippen molar-refractivity contribution >= 4 is 23.7 Å². The zero-order valence-electron chi connectivity index (χ0n) is 21.6. The predicted molar refractivity (Wildman–Crippen MR) is 149 cm³/mol. The summed E-state index contributed by atoms with van der Waals surface area (Å²) in [4.78, 5) is 0. The Hall–Kier alpha value is -3.26. The molecule has 0 amide bonds. The Bertz CT molecular complexity index is 1290. The van der Waals surface area contributed by atoms with Crippen LogP contribution < -0.4 is 15.7 Å². The van der Waals surface area contributed by atoms with E-state index in [1.54, 1.807) is 0 Å². The average Bonchev–Trinajstić information content (AvgIpc) is 3.15. The van der Waals surface area contributed by atoms with E-state index in [9.17, 15) is 0 Å². The van der Waals surface area contributed by atoms with Gasteiger partial charge in [0.1, 0.15) is 12.4 Å². The van der Waals surface area contributed by atoms with Gasteiger partial charge in [0.2, 0.25) is 6.71 Å². The van der Waals surface area contributed by atoms with Crippen molar-refractivity contribution in [2.45, 2.75) is 55.1 Å². The second kappa shape index (κ2) is 9.93. The summed E-state index contributed by atoms with van der Waals surface area (Å²) < 4.78 is 6.28. The number of allylic oxidation sites excluding steroid dienone is 5. The molecule has 0 saturated heterocycles. The summed E-state index contributed by atoms with van der Waals surface area (Å²) in [5.74, 6) is 0.961. The van der Waals surface area contributed by atoms with Crippen LogP contribution in [0.15, 0.2) is 83.4 Å². The first-order valence-corrected chi connectivity index (χ1v) is 12.2. The molecular formula is C32H35BO. The number of aryl methyl sites for hydroxylation is 4. The van der Waals surface area contributed by atoms with Gasteiger partial charge in [0.25, 0.3) is 0 Å². The molecule has 2 heteroatoms. The zero-order chi connectivity index (χ0) is 24.4. The van der Waals surface area contributed by atoms with Crippen LogP contribution in [0.4, 0.5) is 0 Å². The molecule has 1 heterocycles. The number of hydrogen-bond donors (Lipinski definition) is 0. The highest BCUT2D eigenvalue weighted by atomic mass is 16.5. The quantitative estimate of drug-likeness (QED) is 0.294. The van der Waals surface area contributed by atoms with Gasteiger partial charge in [-0.1, -0.05) is 105 Å². The van der Waals surface area contributed by atoms with E-state index in [1.165, 1.54) is 60.9 Å². The second-order valence-electron chi connectivity index (χ2n) is 9.67. The van der Waals surface area contributed by atoms with Gasteiger partial charge in [0.05, 0.1) is 0 Å². The molecule has 172 valence electrons. The minimum Gasteiger partial charge on any atom is -0.489 e. The molecule has 1 aliphatic rings. The van der Waals surface area contributed by atoms with Gasteiger partial charge in [0, 0.05) is 0 Å². The second-order valence-corrected chi connectivity index (χ2v) is 9.67. The van der Waals surface area contributed by atoms with Crippen molar-refractivity contribution in [1.82, 2.24) is 0 Å². The molecule has 4 rings (SSSR count). The van der Waals surface area contributed by atoms with Crippen molar-refractivity contribution < 1.29 is 4.74 Å². The molecule has 0 aliphatic carbocycles. The molecule has 0 N–H and O–H groups in total. The summed E-state index contributed by atoms with van der Waals surface area (Å²) >= 11 is 0. The maximum absolute atomic E-state index is 6.28. The van der Waals surface area contributed by atoms with E-state index < -0.39 is 0 Å². The van der Waals surface area contributed by atoms with E-state index in [0.29, 0.717) is 6.61 Å². The number of fused-ring (bicyclic) bond motifs is 1. The topological polar surface area (TPSA) is 9.23 Å². The molecule has 0 atom stereocenters. The number of rotatable bonds is 6. The smallest absolute Gasteiger partial charge is 0.243 e. The first-order valence-electron chi connectivity index (χ1n) is 12.2. The summed E-state index contributed by atoms with van der Waals surface area (Å²) in [5.41, 5.74) is 14.5. The Labute approximate surface area is 206 Å². The molecule has 1 nitrogen and oxygen atoms in total. The third-order valence-electron chi connectivity index (χ3n) is 7.02. The van der Waals surface area contributed by atoms with Gasteiger partial charge in [-0.15, -0.1) is 0 Å². The molecule has 34 heavy (non-hydrogen) atoms. The van der Waals surface area contributed by atoms with Gasteiger partial charge in [-0.05, 0) is 76.8 Å². The summed E-state index contributed by atoms with van der Waals surface area (Å²) in [6.07, 6.45) is 6.72. The Balaban J connectivity index is 1.83. The lowest BCUT2D eigenvalue weighted by Gasteiger charge is -2.22. The average molecular weight is 446 g/mol. The van der Waals surface area contributed by atoms with Gasteiger partial charge in [-0.3, -0.25) is 0 Å². The van der Waals surface area contributed by atoms with Crippen molar-refractivity contribution in [1.29, 1.82) is 0 Å². The van der Waals surface area contributed by atoms with Crippen LogP contribution >= 0.6 is 0 Å². The molecule has 3 aromatic rings. The lowest BCUT2D eigenvalue weighted by atomic mass is 9.35. The Morgan fingerprint density at radius 3 is 2.21 bits per heavy atom. The van der Waals surface area contributed by atoms with Gasteiger partial charge < -0.3 is 4.74 Å². The zero-order valence-corrected chi connectivity index (χ0v) is 21.6. The van der Waals surface area contributed by atoms with E-state index >= 15 is 0 Å². The fourth-order valence-electron chi connectivity index (χ4n) is 5.30. The van der Waals surface area contributed by atoms with Gasteiger partial charge in [-0.2, -0.15) is 0 Å². The monoisotopic (exact) mass is 446 g/mol. The van der Waals surface area contributed by atoms with Gasteiger partial charge in [0.15, 0.2) is 0 Å². The normalized spacial score (nSPS) is 13.7. The molecule has 0 fully saturated rings. The Kier molecular flexibility index (Phi) is 6.98. The fraction of sp³-hybridized carbons (Fsp3) is 0.250. The van der Waals surface area contributed by atoms with E-state index in [0.717, 1.165) is 5.75 Å². The maximum Gasteiger partial charge on any atom is 0.243 e. The molecule has 0 bridgehead atoms. The van der Waals surface area contributed by atoms with Crippen LogP contribution in [0, 0.1) is 27.7 Å². The molecule has 0 unspecified atom stereocenters. The third-order valence-corrected chi connectivity index (χ3v) is 7.02. The molecular weight excluding hydrogens is 411 g/mol. The van der Waals surface area contributed by atoms with Crippen LogP contribution in [0.1, 0.15) is 54.2 Å². The van der Waals surface area contributed by atoms with Crippen molar-refractivity contribution in [3.05, 3.63) is 117 Å². The van der Waals surface area contributed by atoms with Crippen LogP contribution in [-0.4, -0.2) is 6.71 Å². The summed E-state index contributed by atoms with van der Waals surface area (Å²) in [6.45, 7) is 16.2. The lowest BCUT2D eigenvalue weighted by Crippen LogP contribution is -2.45. The lowest BCUT2D eigenvalue weighted by molar-refractivity contribution is 0.304. The van der Waals surface area contributed by atoms with Crippen molar-refractivity contribution in [2.24, 2.45) is 0 Å². The van der Waals surface area contributed by atoms with Gasteiger partial charge in [-0.25, -0.2) is 0 Å². The highest BCUT2D eigenvalue weighted by Crippen LogP contribution is 2.31. The van der Waals surface area contributed by atoms with Crippen molar-refractivity contribution in [3.63, 3.8) is 0 Å². The van der Waals surface area contributed by atoms with Crippen molar-refractivity contribution in [3.8, 4) is 5.75 Å². The Morgan fingerprint density at radius 1 is 0.882 bits per heavy atom. The van der Waals surface area contributed by atoms with Crippen LogP contribution in [0.3, 0.4) is 0 Å². The summed E-state index contributed by atoms with van der Waals surface area (Å²) in [7, 11) is 0. The summed E-state index contributed by atoms with van der Waals surface area (Å²) in [6, 6.07) is 19.6. The molecule has 1 aliphatic heterocycles. The van der Waals surface area contributed by atoms with E-state index in [-0.39, 0.29) is 6.71 Å². The first-order chi connectivity index (χ1) is 16.3. The number of benzene rings is 3. The SMILES string of the molecule is C/C=C\C(C)=C(\C)C1=Cc2cc(OCc3ccccc3)c(C)cc2B1c1c(C)cc(C)cc1C. The highest BCUT2D eigenvalue weighted by molar-refractivity contribution is 6.94. The maximum atomic E-state index is 6.28. The number of ether oxygens (including phenoxy) is 1. The molecule has 3 aromatic carbocycles. The molecule has 0 aromatic heterocycles. The van der Waals surface area contributed by atoms with E-state index in [1.807, 2.05) is 6.07 Å². The highest BCUT2D eigenvalue weighted by Gasteiger charge is 2.34. The fourth-order valence-corrected chi connectivity index (χ4v) is 5.30. The molecule has 0 radical (unpaired) electrons. The minimum atomic E-state index is 0.234.